The number of carbonyl (C=O) groups is 1. The summed E-state index contributed by atoms with van der Waals surface area (Å²) in [6.45, 7) is 2.17. The molecular formula is C19H25NO3. The molecule has 3 rings (SSSR count). The van der Waals surface area contributed by atoms with E-state index in [4.69, 9.17) is 9.47 Å². The van der Waals surface area contributed by atoms with Gasteiger partial charge < -0.3 is 9.47 Å². The molecule has 2 saturated heterocycles. The number of para-hydroxylation sites is 1. The Morgan fingerprint density at radius 2 is 2.09 bits per heavy atom. The van der Waals surface area contributed by atoms with Crippen LogP contribution in [0.5, 0.6) is 5.75 Å². The van der Waals surface area contributed by atoms with Crippen molar-refractivity contribution >= 4 is 5.97 Å². The van der Waals surface area contributed by atoms with Gasteiger partial charge in [-0.3, -0.25) is 4.90 Å². The first-order valence-electron chi connectivity index (χ1n) is 8.35. The van der Waals surface area contributed by atoms with Crippen LogP contribution in [0.15, 0.2) is 35.9 Å². The van der Waals surface area contributed by atoms with Gasteiger partial charge in [0, 0.05) is 18.7 Å². The molecule has 0 spiro atoms. The Hall–Kier alpha value is -1.81. The van der Waals surface area contributed by atoms with Crippen LogP contribution >= 0.6 is 0 Å². The molecule has 2 aliphatic heterocycles. The molecule has 4 heteroatoms. The highest BCUT2D eigenvalue weighted by atomic mass is 16.5. The average Bonchev–Trinajstić information content (AvgIpc) is 2.61. The maximum atomic E-state index is 11.5. The van der Waals surface area contributed by atoms with E-state index >= 15 is 0 Å². The summed E-state index contributed by atoms with van der Waals surface area (Å²) in [5, 5.41) is 0. The lowest BCUT2D eigenvalue weighted by Gasteiger charge is -2.43. The largest absolute Gasteiger partial charge is 0.496 e. The molecule has 0 radical (unpaired) electrons. The molecule has 2 heterocycles. The standard InChI is InChI=1S/C19H25NO3/c1-22-18-6-4-3-5-17(18)15-8-10-20-9-7-14(11-16(20)13-15)12-19(21)23-2/h3-6,12,15-16H,7-11,13H2,1-2H3/b14-12-. The van der Waals surface area contributed by atoms with E-state index in [-0.39, 0.29) is 5.97 Å². The van der Waals surface area contributed by atoms with Crippen LogP contribution in [-0.2, 0) is 9.53 Å². The third-order valence-corrected chi connectivity index (χ3v) is 5.16. The van der Waals surface area contributed by atoms with Crippen LogP contribution in [0.25, 0.3) is 0 Å². The molecule has 2 fully saturated rings. The van der Waals surface area contributed by atoms with Crippen LogP contribution < -0.4 is 4.74 Å². The summed E-state index contributed by atoms with van der Waals surface area (Å²) in [4.78, 5) is 14.1. The average molecular weight is 315 g/mol. The normalized spacial score (nSPS) is 26.6. The number of ether oxygens (including phenoxy) is 2. The summed E-state index contributed by atoms with van der Waals surface area (Å²) in [6, 6.07) is 8.87. The van der Waals surface area contributed by atoms with Gasteiger partial charge in [0.1, 0.15) is 5.75 Å². The van der Waals surface area contributed by atoms with E-state index < -0.39 is 0 Å². The topological polar surface area (TPSA) is 38.8 Å². The van der Waals surface area contributed by atoms with E-state index in [1.807, 2.05) is 12.1 Å². The number of benzene rings is 1. The molecule has 1 aromatic rings. The molecule has 1 aromatic carbocycles. The van der Waals surface area contributed by atoms with Crippen LogP contribution in [0.1, 0.15) is 37.2 Å². The fourth-order valence-corrected chi connectivity index (χ4v) is 3.94. The highest BCUT2D eigenvalue weighted by Gasteiger charge is 2.33. The predicted molar refractivity (Wildman–Crippen MR) is 89.7 cm³/mol. The van der Waals surface area contributed by atoms with Gasteiger partial charge >= 0.3 is 5.97 Å². The molecule has 0 amide bonds. The van der Waals surface area contributed by atoms with E-state index in [0.717, 1.165) is 38.1 Å². The van der Waals surface area contributed by atoms with Crippen molar-refractivity contribution in [3.63, 3.8) is 0 Å². The SMILES string of the molecule is COC(=O)/C=C1/CCN2CCC(c3ccccc3OC)CC2C1. The predicted octanol–water partition coefficient (Wildman–Crippen LogP) is 3.14. The Kier molecular flexibility index (Phi) is 5.01. The van der Waals surface area contributed by atoms with Crippen molar-refractivity contribution < 1.29 is 14.3 Å². The second kappa shape index (κ2) is 7.18. The van der Waals surface area contributed by atoms with Crippen molar-refractivity contribution in [2.45, 2.75) is 37.6 Å². The maximum absolute atomic E-state index is 11.5. The highest BCUT2D eigenvalue weighted by molar-refractivity contribution is 5.82. The zero-order chi connectivity index (χ0) is 16.2. The van der Waals surface area contributed by atoms with Gasteiger partial charge in [0.15, 0.2) is 0 Å². The summed E-state index contributed by atoms with van der Waals surface area (Å²) >= 11 is 0. The summed E-state index contributed by atoms with van der Waals surface area (Å²) in [6.07, 6.45) is 5.93. The Morgan fingerprint density at radius 3 is 2.87 bits per heavy atom. The molecule has 2 atom stereocenters. The Labute approximate surface area is 138 Å². The van der Waals surface area contributed by atoms with Crippen molar-refractivity contribution in [2.24, 2.45) is 0 Å². The third kappa shape index (κ3) is 3.58. The van der Waals surface area contributed by atoms with E-state index in [0.29, 0.717) is 12.0 Å². The van der Waals surface area contributed by atoms with Crippen LogP contribution in [0.3, 0.4) is 0 Å². The van der Waals surface area contributed by atoms with Gasteiger partial charge in [0.2, 0.25) is 0 Å². The van der Waals surface area contributed by atoms with Gasteiger partial charge in [-0.15, -0.1) is 0 Å². The van der Waals surface area contributed by atoms with Crippen molar-refractivity contribution in [3.05, 3.63) is 41.5 Å². The third-order valence-electron chi connectivity index (χ3n) is 5.16. The minimum Gasteiger partial charge on any atom is -0.496 e. The van der Waals surface area contributed by atoms with Crippen molar-refractivity contribution in [2.75, 3.05) is 27.3 Å². The Balaban J connectivity index is 1.73. The number of hydrogen-bond donors (Lipinski definition) is 0. The fourth-order valence-electron chi connectivity index (χ4n) is 3.94. The molecule has 23 heavy (non-hydrogen) atoms. The summed E-state index contributed by atoms with van der Waals surface area (Å²) < 4.78 is 10.3. The molecule has 0 aromatic heterocycles. The lowest BCUT2D eigenvalue weighted by atomic mass is 9.80. The molecule has 0 aliphatic carbocycles. The molecule has 124 valence electrons. The second-order valence-corrected chi connectivity index (χ2v) is 6.43. The maximum Gasteiger partial charge on any atom is 0.330 e. The minimum absolute atomic E-state index is 0.231. The molecule has 2 unspecified atom stereocenters. The quantitative estimate of drug-likeness (QED) is 0.634. The first kappa shape index (κ1) is 16.1. The summed E-state index contributed by atoms with van der Waals surface area (Å²) in [5.41, 5.74) is 2.54. The van der Waals surface area contributed by atoms with E-state index in [2.05, 4.69) is 17.0 Å². The first-order valence-corrected chi connectivity index (χ1v) is 8.35. The molecule has 0 bridgehead atoms. The van der Waals surface area contributed by atoms with Crippen LogP contribution in [0.2, 0.25) is 0 Å². The number of rotatable bonds is 3. The molecule has 0 N–H and O–H groups in total. The Bertz CT molecular complexity index is 596. The minimum atomic E-state index is -0.231. The van der Waals surface area contributed by atoms with Crippen LogP contribution in [0.4, 0.5) is 0 Å². The molecule has 4 nitrogen and oxygen atoms in total. The monoisotopic (exact) mass is 315 g/mol. The summed E-state index contributed by atoms with van der Waals surface area (Å²) in [5.74, 6) is 1.29. The zero-order valence-corrected chi connectivity index (χ0v) is 14.0. The van der Waals surface area contributed by atoms with E-state index in [1.54, 1.807) is 13.2 Å². The van der Waals surface area contributed by atoms with Gasteiger partial charge in [-0.25, -0.2) is 4.79 Å². The van der Waals surface area contributed by atoms with Gasteiger partial charge in [-0.1, -0.05) is 23.8 Å². The molecular weight excluding hydrogens is 290 g/mol. The van der Waals surface area contributed by atoms with Crippen molar-refractivity contribution in [3.8, 4) is 5.75 Å². The smallest absolute Gasteiger partial charge is 0.330 e. The van der Waals surface area contributed by atoms with Gasteiger partial charge in [-0.2, -0.15) is 0 Å². The number of piperidine rings is 2. The van der Waals surface area contributed by atoms with Crippen molar-refractivity contribution in [1.29, 1.82) is 0 Å². The fraction of sp³-hybridized carbons (Fsp3) is 0.526. The van der Waals surface area contributed by atoms with E-state index in [1.165, 1.54) is 24.7 Å². The number of fused-ring (bicyclic) bond motifs is 1. The van der Waals surface area contributed by atoms with Gasteiger partial charge in [0.05, 0.1) is 14.2 Å². The second-order valence-electron chi connectivity index (χ2n) is 6.43. The van der Waals surface area contributed by atoms with E-state index in [9.17, 15) is 4.79 Å². The Morgan fingerprint density at radius 1 is 1.26 bits per heavy atom. The van der Waals surface area contributed by atoms with Crippen molar-refractivity contribution in [1.82, 2.24) is 4.90 Å². The lowest BCUT2D eigenvalue weighted by molar-refractivity contribution is -0.134. The number of hydrogen-bond acceptors (Lipinski definition) is 4. The lowest BCUT2D eigenvalue weighted by Crippen LogP contribution is -2.45. The number of methoxy groups -OCH3 is 2. The summed E-state index contributed by atoms with van der Waals surface area (Å²) in [7, 11) is 3.18. The van der Waals surface area contributed by atoms with Gasteiger partial charge in [-0.05, 0) is 49.8 Å². The number of nitrogens with zero attached hydrogens (tertiary/aromatic N) is 1. The first-order chi connectivity index (χ1) is 11.2. The van der Waals surface area contributed by atoms with Crippen LogP contribution in [-0.4, -0.2) is 44.2 Å². The van der Waals surface area contributed by atoms with Crippen LogP contribution in [0, 0.1) is 0 Å². The molecule has 2 aliphatic rings. The number of carbonyl (C=O) groups excluding carboxylic acids is 1. The number of esters is 1. The highest BCUT2D eigenvalue weighted by Crippen LogP contribution is 2.39. The molecule has 0 saturated carbocycles. The van der Waals surface area contributed by atoms with Gasteiger partial charge in [0.25, 0.3) is 0 Å². The zero-order valence-electron chi connectivity index (χ0n) is 14.0.